The largest absolute Gasteiger partial charge is 0.390 e. The number of nitrogens with two attached hydrogens (primary N) is 1. The molecule has 7 nitrogen and oxygen atoms in total. The Labute approximate surface area is 170 Å². The molecule has 1 aromatic heterocycles. The summed E-state index contributed by atoms with van der Waals surface area (Å²) in [6, 6.07) is 8.61. The zero-order valence-corrected chi connectivity index (χ0v) is 16.3. The molecule has 7 heteroatoms. The second-order valence-electron chi connectivity index (χ2n) is 8.23. The second kappa shape index (κ2) is 6.90. The van der Waals surface area contributed by atoms with Gasteiger partial charge in [-0.2, -0.15) is 0 Å². The van der Waals surface area contributed by atoms with E-state index in [0.717, 1.165) is 43.9 Å². The maximum absolute atomic E-state index is 9.91. The molecule has 1 fully saturated rings. The van der Waals surface area contributed by atoms with E-state index < -0.39 is 0 Å². The molecule has 0 amide bonds. The molecule has 0 unspecified atom stereocenters. The lowest BCUT2D eigenvalue weighted by molar-refractivity contribution is 0.186. The zero-order chi connectivity index (χ0) is 20.0. The number of aliphatic imine (C=N–C) groups is 1. The molecule has 0 saturated carbocycles. The third-order valence-corrected chi connectivity index (χ3v) is 6.74. The monoisotopic (exact) mass is 388 g/mol. The van der Waals surface area contributed by atoms with E-state index in [0.29, 0.717) is 23.6 Å². The topological polar surface area (TPSA) is 92.0 Å². The Morgan fingerprint density at radius 2 is 2.03 bits per heavy atom. The van der Waals surface area contributed by atoms with Gasteiger partial charge in [-0.3, -0.25) is 4.99 Å². The lowest BCUT2D eigenvalue weighted by Gasteiger charge is -2.43. The third-order valence-electron chi connectivity index (χ3n) is 6.74. The van der Waals surface area contributed by atoms with Crippen LogP contribution in [0.3, 0.4) is 0 Å². The fraction of sp³-hybridized carbons (Fsp3) is 0.455. The number of anilines is 1. The fourth-order valence-corrected chi connectivity index (χ4v) is 5.11. The number of benzene rings is 1. The summed E-state index contributed by atoms with van der Waals surface area (Å²) >= 11 is 0. The molecule has 3 heterocycles. The molecule has 1 atom stereocenters. The van der Waals surface area contributed by atoms with Gasteiger partial charge in [-0.15, -0.1) is 0 Å². The first-order valence-electron chi connectivity index (χ1n) is 10.1. The van der Waals surface area contributed by atoms with Crippen molar-refractivity contribution in [1.82, 2.24) is 9.97 Å². The van der Waals surface area contributed by atoms with Crippen LogP contribution in [0.4, 0.5) is 5.82 Å². The van der Waals surface area contributed by atoms with Crippen LogP contribution in [0.15, 0.2) is 29.3 Å². The van der Waals surface area contributed by atoms with Crippen molar-refractivity contribution in [3.8, 4) is 0 Å². The lowest BCUT2D eigenvalue weighted by Crippen LogP contribution is -2.45. The number of hydrogen-bond donors (Lipinski definition) is 2. The average molecular weight is 388 g/mol. The Balaban J connectivity index is 1.38. The lowest BCUT2D eigenvalue weighted by atomic mass is 9.73. The molecule has 1 saturated heterocycles. The molecule has 29 heavy (non-hydrogen) atoms. The minimum atomic E-state index is -0.173. The van der Waals surface area contributed by atoms with Gasteiger partial charge in [0.1, 0.15) is 17.1 Å². The van der Waals surface area contributed by atoms with Crippen molar-refractivity contribution in [3.05, 3.63) is 63.9 Å². The first-order valence-corrected chi connectivity index (χ1v) is 10.1. The van der Waals surface area contributed by atoms with Crippen LogP contribution in [0.5, 0.6) is 0 Å². The molecule has 0 bridgehead atoms. The smallest absolute Gasteiger partial charge is 0.258 e. The first-order chi connectivity index (χ1) is 14.1. The van der Waals surface area contributed by atoms with Crippen LogP contribution < -0.4 is 10.6 Å². The molecule has 1 aromatic carbocycles. The van der Waals surface area contributed by atoms with Gasteiger partial charge < -0.3 is 20.6 Å². The van der Waals surface area contributed by atoms with Crippen molar-refractivity contribution in [2.45, 2.75) is 38.5 Å². The summed E-state index contributed by atoms with van der Waals surface area (Å²) in [5.41, 5.74) is 12.2. The molecule has 2 aliphatic heterocycles. The van der Waals surface area contributed by atoms with E-state index in [2.05, 4.69) is 44.0 Å². The molecule has 1 spiro atoms. The van der Waals surface area contributed by atoms with Crippen LogP contribution >= 0.6 is 0 Å². The van der Waals surface area contributed by atoms with Gasteiger partial charge in [-0.1, -0.05) is 24.3 Å². The van der Waals surface area contributed by atoms with Gasteiger partial charge in [0.2, 0.25) is 0 Å². The molecule has 0 radical (unpaired) electrons. The molecule has 2 aromatic rings. The van der Waals surface area contributed by atoms with Crippen molar-refractivity contribution in [1.29, 1.82) is 0 Å². The number of fused-ring (bicyclic) bond motifs is 2. The minimum absolute atomic E-state index is 0.0776. The third kappa shape index (κ3) is 2.83. The molecule has 5 rings (SSSR count). The van der Waals surface area contributed by atoms with Crippen LogP contribution in [-0.4, -0.2) is 40.4 Å². The summed E-state index contributed by atoms with van der Waals surface area (Å²) in [4.78, 5) is 19.5. The standard InChI is InChI=1S/C22H24N6O/c1-24-11-16-19-17(12-25-16)27-21(18(13-29)26-19)28-8-6-22(7-9-28)10-14-4-2-3-5-15(14)20(22)23/h2-5,20,29H,6-13,23H2/t20-/m1/s1. The number of aromatic nitrogens is 2. The van der Waals surface area contributed by atoms with E-state index in [-0.39, 0.29) is 24.6 Å². The first kappa shape index (κ1) is 18.2. The Bertz CT molecular complexity index is 1030. The number of aliphatic hydroxyl groups excluding tert-OH is 1. The number of nitrogens with zero attached hydrogens (tertiary/aromatic N) is 5. The highest BCUT2D eigenvalue weighted by atomic mass is 16.3. The summed E-state index contributed by atoms with van der Waals surface area (Å²) in [6.07, 6.45) is 3.02. The zero-order valence-electron chi connectivity index (χ0n) is 16.3. The van der Waals surface area contributed by atoms with Crippen LogP contribution in [0.1, 0.15) is 47.1 Å². The second-order valence-corrected chi connectivity index (χ2v) is 8.23. The molecule has 3 N–H and O–H groups in total. The predicted molar refractivity (Wildman–Crippen MR) is 111 cm³/mol. The van der Waals surface area contributed by atoms with Gasteiger partial charge in [0, 0.05) is 19.1 Å². The number of rotatable bonds is 3. The molecule has 3 aliphatic rings. The van der Waals surface area contributed by atoms with Crippen molar-refractivity contribution < 1.29 is 5.11 Å². The highest BCUT2D eigenvalue weighted by molar-refractivity contribution is 6.04. The number of piperidine rings is 1. The fourth-order valence-electron chi connectivity index (χ4n) is 5.11. The summed E-state index contributed by atoms with van der Waals surface area (Å²) in [5.74, 6) is 0.754. The van der Waals surface area contributed by atoms with Gasteiger partial charge in [-0.05, 0) is 35.8 Å². The summed E-state index contributed by atoms with van der Waals surface area (Å²) in [5, 5.41) is 9.91. The van der Waals surface area contributed by atoms with E-state index in [1.807, 2.05) is 0 Å². The van der Waals surface area contributed by atoms with Crippen molar-refractivity contribution in [3.63, 3.8) is 0 Å². The van der Waals surface area contributed by atoms with Gasteiger partial charge >= 0.3 is 0 Å². The van der Waals surface area contributed by atoms with Crippen LogP contribution in [0.2, 0.25) is 0 Å². The Morgan fingerprint density at radius 3 is 2.76 bits per heavy atom. The molecule has 1 aliphatic carbocycles. The summed E-state index contributed by atoms with van der Waals surface area (Å²) in [7, 11) is 0. The van der Waals surface area contributed by atoms with Crippen LogP contribution in [0.25, 0.3) is 4.85 Å². The number of aliphatic hydroxyl groups is 1. The SMILES string of the molecule is [C-]#[N+]CC1=NCc2nc(N3CCC4(CC3)Cc3ccccc3[C@H]4N)c(CO)nc21. The van der Waals surface area contributed by atoms with E-state index in [9.17, 15) is 5.11 Å². The van der Waals surface area contributed by atoms with Crippen LogP contribution in [-0.2, 0) is 19.6 Å². The summed E-state index contributed by atoms with van der Waals surface area (Å²) in [6.45, 7) is 9.27. The van der Waals surface area contributed by atoms with E-state index in [4.69, 9.17) is 17.3 Å². The highest BCUT2D eigenvalue weighted by Crippen LogP contribution is 2.51. The van der Waals surface area contributed by atoms with Gasteiger partial charge in [0.25, 0.3) is 6.54 Å². The average Bonchev–Trinajstić information content (AvgIpc) is 3.27. The van der Waals surface area contributed by atoms with E-state index in [1.54, 1.807) is 0 Å². The van der Waals surface area contributed by atoms with Gasteiger partial charge in [0.15, 0.2) is 5.82 Å². The minimum Gasteiger partial charge on any atom is -0.390 e. The van der Waals surface area contributed by atoms with Crippen LogP contribution in [0, 0.1) is 12.0 Å². The summed E-state index contributed by atoms with van der Waals surface area (Å²) < 4.78 is 0. The normalized spacial score (nSPS) is 21.6. The maximum Gasteiger partial charge on any atom is 0.258 e. The Morgan fingerprint density at radius 1 is 1.24 bits per heavy atom. The quantitative estimate of drug-likeness (QED) is 0.785. The van der Waals surface area contributed by atoms with E-state index in [1.165, 1.54) is 11.1 Å². The van der Waals surface area contributed by atoms with Gasteiger partial charge in [0.05, 0.1) is 18.8 Å². The Kier molecular flexibility index (Phi) is 4.34. The van der Waals surface area contributed by atoms with Gasteiger partial charge in [-0.25, -0.2) is 16.5 Å². The molecular weight excluding hydrogens is 364 g/mol. The highest BCUT2D eigenvalue weighted by Gasteiger charge is 2.46. The van der Waals surface area contributed by atoms with Crippen molar-refractivity contribution in [2.24, 2.45) is 16.1 Å². The van der Waals surface area contributed by atoms with Crippen molar-refractivity contribution in [2.75, 3.05) is 24.5 Å². The van der Waals surface area contributed by atoms with Crippen molar-refractivity contribution >= 4 is 11.5 Å². The van der Waals surface area contributed by atoms with E-state index >= 15 is 0 Å². The predicted octanol–water partition coefficient (Wildman–Crippen LogP) is 2.03. The maximum atomic E-state index is 9.91. The molecular formula is C22H24N6O. The number of hydrogen-bond acceptors (Lipinski definition) is 6. The molecule has 148 valence electrons. The Hall–Kier alpha value is -2.82.